The average Bonchev–Trinajstić information content (AvgIpc) is 2.48. The summed E-state index contributed by atoms with van der Waals surface area (Å²) in [6, 6.07) is 0. The fraction of sp³-hybridized carbons (Fsp3) is 0.400. The molecule has 0 atom stereocenters. The van der Waals surface area contributed by atoms with Crippen LogP contribution in [0.4, 0.5) is 0 Å². The maximum atomic E-state index is 2.35. The third-order valence-electron chi connectivity index (χ3n) is 2.30. The topological polar surface area (TPSA) is 0 Å². The summed E-state index contributed by atoms with van der Waals surface area (Å²) in [7, 11) is 0. The fourth-order valence-corrected chi connectivity index (χ4v) is 1.80. The van der Waals surface area contributed by atoms with Crippen LogP contribution in [0, 0.1) is 0 Å². The second-order valence-electron chi connectivity index (χ2n) is 3.04. The Hall–Kier alpha value is -0.780. The van der Waals surface area contributed by atoms with Gasteiger partial charge in [-0.25, -0.2) is 0 Å². The van der Waals surface area contributed by atoms with E-state index < -0.39 is 0 Å². The molecule has 0 aromatic carbocycles. The number of hydrogen-bond donors (Lipinski definition) is 0. The molecule has 0 spiro atoms. The maximum Gasteiger partial charge on any atom is -0.00959 e. The normalized spacial score (nSPS) is 23.1. The Balaban J connectivity index is 2.31. The summed E-state index contributed by atoms with van der Waals surface area (Å²) in [5.74, 6) is 0. The van der Waals surface area contributed by atoms with Crippen LogP contribution < -0.4 is 0 Å². The zero-order valence-corrected chi connectivity index (χ0v) is 6.35. The average molecular weight is 132 g/mol. The number of fused-ring (bicyclic) bond motifs is 2. The third kappa shape index (κ3) is 0.756. The Morgan fingerprint density at radius 2 is 2.30 bits per heavy atom. The van der Waals surface area contributed by atoms with E-state index in [0.717, 1.165) is 0 Å². The summed E-state index contributed by atoms with van der Waals surface area (Å²) < 4.78 is 0. The SMILES string of the molecule is CC=CC1=C2CCC(=C1)C2. The zero-order chi connectivity index (χ0) is 6.97. The van der Waals surface area contributed by atoms with E-state index in [-0.39, 0.29) is 0 Å². The minimum absolute atomic E-state index is 1.28. The Kier molecular flexibility index (Phi) is 1.26. The Bertz CT molecular complexity index is 239. The van der Waals surface area contributed by atoms with Gasteiger partial charge in [-0.1, -0.05) is 29.4 Å². The van der Waals surface area contributed by atoms with Crippen LogP contribution in [-0.4, -0.2) is 0 Å². The van der Waals surface area contributed by atoms with E-state index in [0.29, 0.717) is 0 Å². The van der Waals surface area contributed by atoms with E-state index in [1.54, 1.807) is 11.1 Å². The first-order valence-electron chi connectivity index (χ1n) is 3.94. The largest absolute Gasteiger partial charge is 0.0871 e. The molecular formula is C10H12. The lowest BCUT2D eigenvalue weighted by atomic mass is 10.1. The van der Waals surface area contributed by atoms with Crippen molar-refractivity contribution in [3.05, 3.63) is 34.9 Å². The van der Waals surface area contributed by atoms with Crippen molar-refractivity contribution in [2.45, 2.75) is 26.2 Å². The Morgan fingerprint density at radius 3 is 2.80 bits per heavy atom. The molecule has 0 amide bonds. The predicted octanol–water partition coefficient (Wildman–Crippen LogP) is 2.98. The van der Waals surface area contributed by atoms with Crippen LogP contribution in [0.2, 0.25) is 0 Å². The summed E-state index contributed by atoms with van der Waals surface area (Å²) in [5, 5.41) is 0. The lowest BCUT2D eigenvalue weighted by molar-refractivity contribution is 1.02. The van der Waals surface area contributed by atoms with Crippen molar-refractivity contribution >= 4 is 0 Å². The van der Waals surface area contributed by atoms with Gasteiger partial charge in [0.15, 0.2) is 0 Å². The van der Waals surface area contributed by atoms with Crippen LogP contribution >= 0.6 is 0 Å². The monoisotopic (exact) mass is 132 g/mol. The van der Waals surface area contributed by atoms with E-state index in [1.807, 2.05) is 0 Å². The van der Waals surface area contributed by atoms with Gasteiger partial charge in [0.2, 0.25) is 0 Å². The highest BCUT2D eigenvalue weighted by atomic mass is 14.2. The predicted molar refractivity (Wildman–Crippen MR) is 43.8 cm³/mol. The summed E-state index contributed by atoms with van der Waals surface area (Å²) in [6.07, 6.45) is 10.6. The molecule has 0 heteroatoms. The van der Waals surface area contributed by atoms with Crippen molar-refractivity contribution in [1.29, 1.82) is 0 Å². The second kappa shape index (κ2) is 2.12. The standard InChI is InChI=1S/C10H12/c1-2-3-9-6-8-4-5-10(9)7-8/h2-3,6H,4-5,7H2,1H3. The van der Waals surface area contributed by atoms with Crippen LogP contribution in [0.5, 0.6) is 0 Å². The first-order valence-corrected chi connectivity index (χ1v) is 3.94. The molecule has 10 heavy (non-hydrogen) atoms. The molecule has 1 fully saturated rings. The molecule has 2 rings (SSSR count). The smallest absolute Gasteiger partial charge is 0.00959 e. The van der Waals surface area contributed by atoms with Crippen molar-refractivity contribution < 1.29 is 0 Å². The van der Waals surface area contributed by atoms with Crippen molar-refractivity contribution in [2.24, 2.45) is 0 Å². The lowest BCUT2D eigenvalue weighted by Gasteiger charge is -1.98. The molecule has 1 saturated carbocycles. The second-order valence-corrected chi connectivity index (χ2v) is 3.04. The molecule has 0 aliphatic heterocycles. The van der Waals surface area contributed by atoms with Gasteiger partial charge in [0.1, 0.15) is 0 Å². The van der Waals surface area contributed by atoms with Crippen LogP contribution in [0.25, 0.3) is 0 Å². The van der Waals surface area contributed by atoms with Gasteiger partial charge in [-0.15, -0.1) is 0 Å². The Labute approximate surface area is 61.9 Å². The molecule has 52 valence electrons. The summed E-state index contributed by atoms with van der Waals surface area (Å²) >= 11 is 0. The minimum Gasteiger partial charge on any atom is -0.0871 e. The minimum atomic E-state index is 1.28. The molecule has 0 saturated heterocycles. The molecule has 0 aromatic rings. The lowest BCUT2D eigenvalue weighted by Crippen LogP contribution is -1.79. The maximum absolute atomic E-state index is 2.35. The van der Waals surface area contributed by atoms with E-state index >= 15 is 0 Å². The van der Waals surface area contributed by atoms with Gasteiger partial charge in [-0.3, -0.25) is 0 Å². The molecule has 0 aromatic heterocycles. The molecule has 0 heterocycles. The first-order chi connectivity index (χ1) is 4.90. The van der Waals surface area contributed by atoms with Crippen molar-refractivity contribution in [2.75, 3.05) is 0 Å². The van der Waals surface area contributed by atoms with E-state index in [4.69, 9.17) is 0 Å². The van der Waals surface area contributed by atoms with Gasteiger partial charge in [0.25, 0.3) is 0 Å². The van der Waals surface area contributed by atoms with Gasteiger partial charge in [-0.05, 0) is 31.8 Å². The molecule has 0 nitrogen and oxygen atoms in total. The van der Waals surface area contributed by atoms with Gasteiger partial charge in [0, 0.05) is 0 Å². The zero-order valence-electron chi connectivity index (χ0n) is 6.35. The third-order valence-corrected chi connectivity index (χ3v) is 2.30. The number of hydrogen-bond acceptors (Lipinski definition) is 0. The van der Waals surface area contributed by atoms with E-state index in [1.165, 1.54) is 24.8 Å². The van der Waals surface area contributed by atoms with Gasteiger partial charge in [-0.2, -0.15) is 0 Å². The van der Waals surface area contributed by atoms with Crippen molar-refractivity contribution in [3.8, 4) is 0 Å². The highest BCUT2D eigenvalue weighted by Crippen LogP contribution is 2.39. The van der Waals surface area contributed by atoms with Crippen molar-refractivity contribution in [3.63, 3.8) is 0 Å². The van der Waals surface area contributed by atoms with Gasteiger partial charge in [0.05, 0.1) is 0 Å². The van der Waals surface area contributed by atoms with Crippen molar-refractivity contribution in [1.82, 2.24) is 0 Å². The molecule has 0 N–H and O–H groups in total. The fourth-order valence-electron chi connectivity index (χ4n) is 1.80. The number of allylic oxidation sites excluding steroid dienone is 6. The van der Waals surface area contributed by atoms with E-state index in [9.17, 15) is 0 Å². The first kappa shape index (κ1) is 5.96. The van der Waals surface area contributed by atoms with Gasteiger partial charge < -0.3 is 0 Å². The van der Waals surface area contributed by atoms with E-state index in [2.05, 4.69) is 25.2 Å². The molecule has 0 radical (unpaired) electrons. The van der Waals surface area contributed by atoms with Crippen LogP contribution in [-0.2, 0) is 0 Å². The van der Waals surface area contributed by atoms with Crippen LogP contribution in [0.1, 0.15) is 26.2 Å². The quantitative estimate of drug-likeness (QED) is 0.514. The molecule has 2 aliphatic rings. The molecule has 2 aliphatic carbocycles. The highest BCUT2D eigenvalue weighted by Gasteiger charge is 2.20. The molecule has 2 bridgehead atoms. The molecular weight excluding hydrogens is 120 g/mol. The number of rotatable bonds is 1. The molecule has 0 unspecified atom stereocenters. The summed E-state index contributed by atoms with van der Waals surface area (Å²) in [5.41, 5.74) is 4.79. The van der Waals surface area contributed by atoms with Crippen LogP contribution in [0.3, 0.4) is 0 Å². The van der Waals surface area contributed by atoms with Gasteiger partial charge >= 0.3 is 0 Å². The summed E-state index contributed by atoms with van der Waals surface area (Å²) in [4.78, 5) is 0. The Morgan fingerprint density at radius 1 is 1.40 bits per heavy atom. The summed E-state index contributed by atoms with van der Waals surface area (Å²) in [6.45, 7) is 2.08. The highest BCUT2D eigenvalue weighted by molar-refractivity contribution is 5.49. The van der Waals surface area contributed by atoms with Crippen LogP contribution in [0.15, 0.2) is 34.9 Å².